The van der Waals surface area contributed by atoms with E-state index in [9.17, 15) is 0 Å². The molecule has 5 rings (SSSR count). The second-order valence-corrected chi connectivity index (χ2v) is 17.4. The van der Waals surface area contributed by atoms with Crippen molar-refractivity contribution >= 4 is 62.0 Å². The van der Waals surface area contributed by atoms with Gasteiger partial charge in [-0.1, -0.05) is 97.7 Å². The quantitative estimate of drug-likeness (QED) is 0.192. The number of hydrogen-bond acceptors (Lipinski definition) is 2. The Balaban J connectivity index is 2.00. The number of rotatable bonds is 0. The topological polar surface area (TPSA) is 18.5 Å². The largest absolute Gasteiger partial charge is 0.511 e. The highest BCUT2D eigenvalue weighted by atomic mass is 79.9. The van der Waals surface area contributed by atoms with Crippen molar-refractivity contribution < 1.29 is 8.85 Å². The van der Waals surface area contributed by atoms with Gasteiger partial charge in [-0.15, -0.1) is 0 Å². The Morgan fingerprint density at radius 2 is 0.939 bits per heavy atom. The zero-order valence-electron chi connectivity index (χ0n) is 19.8. The summed E-state index contributed by atoms with van der Waals surface area (Å²) in [6, 6.07) is 21.5. The summed E-state index contributed by atoms with van der Waals surface area (Å²) in [5.41, 5.74) is 2.21. The first-order chi connectivity index (χ1) is 15.4. The van der Waals surface area contributed by atoms with E-state index in [4.69, 9.17) is 8.85 Å². The average Bonchev–Trinajstić information content (AvgIpc) is 2.88. The molecule has 170 valence electrons. The van der Waals surface area contributed by atoms with Gasteiger partial charge in [0.15, 0.2) is 0 Å². The maximum absolute atomic E-state index is 7.17. The number of fused-ring (bicyclic) bond motifs is 7. The van der Waals surface area contributed by atoms with Gasteiger partial charge in [0.25, 0.3) is 0 Å². The van der Waals surface area contributed by atoms with Crippen LogP contribution < -0.4 is 8.85 Å². The molecule has 0 unspecified atom stereocenters. The van der Waals surface area contributed by atoms with Crippen molar-refractivity contribution in [2.24, 2.45) is 0 Å². The van der Waals surface area contributed by atoms with Crippen LogP contribution in [0.1, 0.15) is 41.5 Å². The van der Waals surface area contributed by atoms with Crippen LogP contribution in [0.3, 0.4) is 0 Å². The molecule has 0 spiro atoms. The predicted molar refractivity (Wildman–Crippen MR) is 149 cm³/mol. The lowest BCUT2D eigenvalue weighted by Crippen LogP contribution is -2.62. The minimum Gasteiger partial charge on any atom is -0.511 e. The summed E-state index contributed by atoms with van der Waals surface area (Å²) in [6.45, 7) is 13.5. The van der Waals surface area contributed by atoms with Gasteiger partial charge in [0.2, 0.25) is 0 Å². The van der Waals surface area contributed by atoms with Crippen LogP contribution in [0, 0.1) is 0 Å². The zero-order valence-corrected chi connectivity index (χ0v) is 24.0. The van der Waals surface area contributed by atoms with Crippen LogP contribution in [0.4, 0.5) is 0 Å². The molecule has 0 radical (unpaired) electrons. The third kappa shape index (κ3) is 3.55. The molecule has 0 amide bonds. The van der Waals surface area contributed by atoms with E-state index >= 15 is 0 Å². The van der Waals surface area contributed by atoms with Crippen LogP contribution in [0.5, 0.6) is 11.5 Å². The van der Waals surface area contributed by atoms with Gasteiger partial charge in [-0.2, -0.15) is 0 Å². The summed E-state index contributed by atoms with van der Waals surface area (Å²) >= 11 is 7.39. The molecule has 33 heavy (non-hydrogen) atoms. The normalized spacial score (nSPS) is 15.4. The molecule has 0 saturated heterocycles. The maximum Gasteiger partial charge on any atom is 0.471 e. The molecule has 0 aromatic heterocycles. The predicted octanol–water partition coefficient (Wildman–Crippen LogP) is 10.00. The first-order valence-electron chi connectivity index (χ1n) is 11.2. The lowest BCUT2D eigenvalue weighted by atomic mass is 9.92. The Labute approximate surface area is 213 Å². The lowest BCUT2D eigenvalue weighted by molar-refractivity contribution is 0.299. The van der Waals surface area contributed by atoms with Gasteiger partial charge >= 0.3 is 8.56 Å². The highest BCUT2D eigenvalue weighted by molar-refractivity contribution is 9.10. The molecule has 1 heterocycles. The third-order valence-corrected chi connectivity index (χ3v) is 12.6. The van der Waals surface area contributed by atoms with Crippen molar-refractivity contribution in [3.05, 3.63) is 69.6 Å². The van der Waals surface area contributed by atoms with Gasteiger partial charge in [0, 0.05) is 30.1 Å². The van der Waals surface area contributed by atoms with E-state index in [1.807, 2.05) is 0 Å². The third-order valence-electron chi connectivity index (χ3n) is 6.62. The van der Waals surface area contributed by atoms with E-state index in [1.54, 1.807) is 0 Å². The van der Waals surface area contributed by atoms with E-state index < -0.39 is 8.56 Å². The lowest BCUT2D eigenvalue weighted by Gasteiger charge is -2.47. The number of hydrogen-bond donors (Lipinski definition) is 0. The fraction of sp³-hybridized carbons (Fsp3) is 0.286. The van der Waals surface area contributed by atoms with Crippen LogP contribution >= 0.6 is 31.9 Å². The molecule has 0 fully saturated rings. The van der Waals surface area contributed by atoms with Crippen LogP contribution in [0.25, 0.3) is 32.7 Å². The Kier molecular flexibility index (Phi) is 5.28. The minimum absolute atomic E-state index is 0.164. The van der Waals surface area contributed by atoms with Gasteiger partial charge in [0.05, 0.1) is 0 Å². The van der Waals surface area contributed by atoms with Crippen molar-refractivity contribution in [3.63, 3.8) is 0 Å². The Morgan fingerprint density at radius 1 is 0.576 bits per heavy atom. The number of benzene rings is 4. The van der Waals surface area contributed by atoms with E-state index in [0.29, 0.717) is 0 Å². The van der Waals surface area contributed by atoms with Crippen LogP contribution in [0.15, 0.2) is 69.6 Å². The minimum atomic E-state index is -2.86. The molecular weight excluding hydrogens is 556 g/mol. The molecule has 1 aliphatic heterocycles. The fourth-order valence-corrected chi connectivity index (χ4v) is 10.5. The molecule has 0 aliphatic carbocycles. The fourth-order valence-electron chi connectivity index (χ4n) is 5.30. The highest BCUT2D eigenvalue weighted by Crippen LogP contribution is 2.58. The zero-order chi connectivity index (χ0) is 23.8. The van der Waals surface area contributed by atoms with E-state index in [1.165, 1.54) is 10.8 Å². The molecular formula is C28H28Br2O2Si. The molecule has 1 aliphatic rings. The number of halogens is 2. The van der Waals surface area contributed by atoms with E-state index in [0.717, 1.165) is 42.3 Å². The van der Waals surface area contributed by atoms with Crippen molar-refractivity contribution in [3.8, 4) is 22.6 Å². The highest BCUT2D eigenvalue weighted by Gasteiger charge is 2.63. The second-order valence-electron chi connectivity index (χ2n) is 10.9. The molecule has 2 nitrogen and oxygen atoms in total. The molecule has 4 aromatic carbocycles. The first kappa shape index (κ1) is 22.9. The molecule has 4 aromatic rings. The average molecular weight is 584 g/mol. The second kappa shape index (κ2) is 7.59. The smallest absolute Gasteiger partial charge is 0.471 e. The van der Waals surface area contributed by atoms with Crippen molar-refractivity contribution in [2.75, 3.05) is 0 Å². The summed E-state index contributed by atoms with van der Waals surface area (Å²) in [6.07, 6.45) is 0. The van der Waals surface area contributed by atoms with Crippen LogP contribution in [0.2, 0.25) is 10.1 Å². The van der Waals surface area contributed by atoms with Crippen LogP contribution in [-0.2, 0) is 0 Å². The van der Waals surface area contributed by atoms with Gasteiger partial charge in [-0.05, 0) is 57.9 Å². The molecule has 0 N–H and O–H groups in total. The summed E-state index contributed by atoms with van der Waals surface area (Å²) < 4.78 is 16.4. The molecule has 5 heteroatoms. The van der Waals surface area contributed by atoms with Crippen molar-refractivity contribution in [2.45, 2.75) is 51.6 Å². The van der Waals surface area contributed by atoms with Gasteiger partial charge in [0.1, 0.15) is 11.5 Å². The SMILES string of the molecule is CC(C)(C)[Si]1(C(C)(C)C)Oc2ccc3ccc(Br)cc3c2-c2c(ccc3ccc(Br)cc23)O1. The monoisotopic (exact) mass is 582 g/mol. The Hall–Kier alpha value is -1.82. The molecule has 0 saturated carbocycles. The van der Waals surface area contributed by atoms with Crippen LogP contribution in [-0.4, -0.2) is 8.56 Å². The summed E-state index contributed by atoms with van der Waals surface area (Å²) in [5, 5.41) is 4.35. The van der Waals surface area contributed by atoms with Gasteiger partial charge < -0.3 is 8.85 Å². The summed E-state index contributed by atoms with van der Waals surface area (Å²) in [4.78, 5) is 0. The maximum atomic E-state index is 7.17. The Morgan fingerprint density at radius 3 is 1.30 bits per heavy atom. The Bertz CT molecular complexity index is 1300. The summed E-state index contributed by atoms with van der Waals surface area (Å²) in [7, 11) is -2.86. The van der Waals surface area contributed by atoms with Gasteiger partial charge in [-0.25, -0.2) is 0 Å². The summed E-state index contributed by atoms with van der Waals surface area (Å²) in [5.74, 6) is 1.81. The van der Waals surface area contributed by atoms with E-state index in [-0.39, 0.29) is 10.1 Å². The van der Waals surface area contributed by atoms with Crippen molar-refractivity contribution in [1.82, 2.24) is 0 Å². The van der Waals surface area contributed by atoms with E-state index in [2.05, 4.69) is 134 Å². The van der Waals surface area contributed by atoms with Crippen molar-refractivity contribution in [1.29, 1.82) is 0 Å². The molecule has 0 bridgehead atoms. The standard InChI is InChI=1S/C28H28Br2O2Si/c1-27(2,3)33(28(4,5)6)31-23-13-9-17-7-11-19(29)15-21(17)25(23)26-22-16-20(30)12-8-18(22)10-14-24(26)32-33/h7-16H,1-6H3. The van der Waals surface area contributed by atoms with Gasteiger partial charge in [-0.3, -0.25) is 0 Å². The molecule has 0 atom stereocenters. The first-order valence-corrected chi connectivity index (χ1v) is 14.6.